The molecule has 2 amide bonds. The van der Waals surface area contributed by atoms with Gasteiger partial charge in [-0.1, -0.05) is 18.2 Å². The van der Waals surface area contributed by atoms with E-state index in [0.29, 0.717) is 11.3 Å². The Bertz CT molecular complexity index is 1110. The van der Waals surface area contributed by atoms with Crippen molar-refractivity contribution in [3.8, 4) is 5.69 Å². The van der Waals surface area contributed by atoms with Crippen LogP contribution in [0, 0.1) is 19.7 Å². The number of rotatable bonds is 5. The van der Waals surface area contributed by atoms with Crippen LogP contribution in [0.15, 0.2) is 42.5 Å². The summed E-state index contributed by atoms with van der Waals surface area (Å²) in [6, 6.07) is 9.20. The van der Waals surface area contributed by atoms with Crippen molar-refractivity contribution in [2.75, 3.05) is 5.32 Å². The Kier molecular flexibility index (Phi) is 6.30. The van der Waals surface area contributed by atoms with E-state index in [2.05, 4.69) is 15.7 Å². The molecule has 3 rings (SSSR count). The van der Waals surface area contributed by atoms with Crippen molar-refractivity contribution in [2.45, 2.75) is 33.2 Å². The number of nitrogens with one attached hydrogen (secondary N) is 2. The van der Waals surface area contributed by atoms with Gasteiger partial charge in [0.05, 0.1) is 24.5 Å². The molecular formula is C21H20F4N4O2. The van der Waals surface area contributed by atoms with Crippen LogP contribution in [0.3, 0.4) is 0 Å². The van der Waals surface area contributed by atoms with Crippen molar-refractivity contribution >= 4 is 11.7 Å². The maximum Gasteiger partial charge on any atom is 0.435 e. The highest BCUT2D eigenvalue weighted by Gasteiger charge is 2.35. The molecule has 0 fully saturated rings. The smallest absolute Gasteiger partial charge is 0.392 e. The second-order valence-electron chi connectivity index (χ2n) is 6.99. The first-order valence-electron chi connectivity index (χ1n) is 9.26. The van der Waals surface area contributed by atoms with Gasteiger partial charge >= 0.3 is 12.2 Å². The summed E-state index contributed by atoms with van der Waals surface area (Å²) in [6.45, 7) is 2.82. The number of nitrogens with zero attached hydrogens (tertiary/aromatic N) is 2. The summed E-state index contributed by atoms with van der Waals surface area (Å²) < 4.78 is 54.6. The van der Waals surface area contributed by atoms with Gasteiger partial charge in [0.15, 0.2) is 5.69 Å². The van der Waals surface area contributed by atoms with Crippen molar-refractivity contribution in [2.24, 2.45) is 0 Å². The highest BCUT2D eigenvalue weighted by Crippen LogP contribution is 2.30. The summed E-state index contributed by atoms with van der Waals surface area (Å²) >= 11 is 0. The molecule has 0 saturated heterocycles. The molecule has 2 aromatic carbocycles. The Balaban J connectivity index is 1.82. The second-order valence-corrected chi connectivity index (χ2v) is 6.99. The van der Waals surface area contributed by atoms with Crippen molar-refractivity contribution in [3.63, 3.8) is 0 Å². The van der Waals surface area contributed by atoms with Crippen LogP contribution in [0.1, 0.15) is 28.1 Å². The largest absolute Gasteiger partial charge is 0.435 e. The Morgan fingerprint density at radius 3 is 2.52 bits per heavy atom. The summed E-state index contributed by atoms with van der Waals surface area (Å²) in [5, 5.41) is 17.5. The summed E-state index contributed by atoms with van der Waals surface area (Å²) in [4.78, 5) is 12.2. The van der Waals surface area contributed by atoms with E-state index in [-0.39, 0.29) is 23.5 Å². The third kappa shape index (κ3) is 5.21. The van der Waals surface area contributed by atoms with Gasteiger partial charge in [-0.25, -0.2) is 13.9 Å². The highest BCUT2D eigenvalue weighted by atomic mass is 19.4. The van der Waals surface area contributed by atoms with Crippen molar-refractivity contribution < 1.29 is 27.5 Å². The Morgan fingerprint density at radius 1 is 1.13 bits per heavy atom. The second kappa shape index (κ2) is 8.76. The van der Waals surface area contributed by atoms with E-state index >= 15 is 0 Å². The van der Waals surface area contributed by atoms with E-state index in [1.54, 1.807) is 19.1 Å². The predicted octanol–water partition coefficient (Wildman–Crippen LogP) is 4.46. The Morgan fingerprint density at radius 2 is 1.87 bits per heavy atom. The standard InChI is InChI=1S/C21H20F4N4O2/c1-12-3-4-13(2)18(7-12)29-16(9-19(28-29)21(23,24)25)10-26-20(31)27-15-6-5-14(11-30)17(22)8-15/h3-9,30H,10-11H2,1-2H3,(H2,26,27,31). The fourth-order valence-corrected chi connectivity index (χ4v) is 2.94. The number of hydrogen-bond acceptors (Lipinski definition) is 3. The first-order chi connectivity index (χ1) is 14.6. The Labute approximate surface area is 175 Å². The molecule has 0 aliphatic rings. The van der Waals surface area contributed by atoms with Gasteiger partial charge < -0.3 is 15.7 Å². The monoisotopic (exact) mass is 436 g/mol. The zero-order chi connectivity index (χ0) is 22.8. The molecule has 164 valence electrons. The Hall–Kier alpha value is -3.40. The number of anilines is 1. The molecule has 0 atom stereocenters. The molecule has 0 radical (unpaired) electrons. The van der Waals surface area contributed by atoms with Gasteiger partial charge in [0.2, 0.25) is 0 Å². The van der Waals surface area contributed by atoms with Gasteiger partial charge in [-0.15, -0.1) is 0 Å². The van der Waals surface area contributed by atoms with E-state index in [0.717, 1.165) is 22.4 Å². The summed E-state index contributed by atoms with van der Waals surface area (Å²) in [5.74, 6) is -0.692. The molecule has 0 aliphatic carbocycles. The molecule has 1 aromatic heterocycles. The number of urea groups is 1. The molecule has 0 spiro atoms. The lowest BCUT2D eigenvalue weighted by atomic mass is 10.1. The maximum absolute atomic E-state index is 13.7. The quantitative estimate of drug-likeness (QED) is 0.517. The van der Waals surface area contributed by atoms with Gasteiger partial charge in [0, 0.05) is 11.3 Å². The van der Waals surface area contributed by atoms with Crippen molar-refractivity contribution in [3.05, 3.63) is 76.4 Å². The molecule has 0 saturated carbocycles. The minimum Gasteiger partial charge on any atom is -0.392 e. The maximum atomic E-state index is 13.7. The molecule has 3 N–H and O–H groups in total. The highest BCUT2D eigenvalue weighted by molar-refractivity contribution is 5.89. The summed E-state index contributed by atoms with van der Waals surface area (Å²) in [6.07, 6.45) is -4.65. The first-order valence-corrected chi connectivity index (χ1v) is 9.26. The average Bonchev–Trinajstić information content (AvgIpc) is 3.13. The van der Waals surface area contributed by atoms with E-state index in [1.165, 1.54) is 12.1 Å². The summed E-state index contributed by atoms with van der Waals surface area (Å²) in [5.41, 5.74) is 1.27. The fraction of sp³-hybridized carbons (Fsp3) is 0.238. The lowest BCUT2D eigenvalue weighted by Gasteiger charge is -2.13. The number of hydrogen-bond donors (Lipinski definition) is 3. The number of carbonyl (C=O) groups excluding carboxylic acids is 1. The van der Waals surface area contributed by atoms with Gasteiger partial charge in [-0.3, -0.25) is 0 Å². The number of aryl methyl sites for hydroxylation is 2. The van der Waals surface area contributed by atoms with Crippen LogP contribution in [0.25, 0.3) is 5.69 Å². The predicted molar refractivity (Wildman–Crippen MR) is 106 cm³/mol. The molecule has 0 aliphatic heterocycles. The molecular weight excluding hydrogens is 416 g/mol. The van der Waals surface area contributed by atoms with E-state index in [1.807, 2.05) is 13.0 Å². The van der Waals surface area contributed by atoms with Crippen LogP contribution in [-0.2, 0) is 19.3 Å². The van der Waals surface area contributed by atoms with Crippen LogP contribution in [0.2, 0.25) is 0 Å². The number of alkyl halides is 3. The first kappa shape index (κ1) is 22.3. The average molecular weight is 436 g/mol. The number of carbonyl (C=O) groups is 1. The van der Waals surface area contributed by atoms with Crippen LogP contribution in [-0.4, -0.2) is 20.9 Å². The van der Waals surface area contributed by atoms with Gasteiger partial charge in [-0.2, -0.15) is 18.3 Å². The van der Waals surface area contributed by atoms with Gasteiger partial charge in [0.1, 0.15) is 5.82 Å². The number of aliphatic hydroxyl groups excluding tert-OH is 1. The third-order valence-corrected chi connectivity index (χ3v) is 4.58. The molecule has 0 unspecified atom stereocenters. The van der Waals surface area contributed by atoms with E-state index in [4.69, 9.17) is 5.11 Å². The number of amides is 2. The fourth-order valence-electron chi connectivity index (χ4n) is 2.94. The van der Waals surface area contributed by atoms with Crippen LogP contribution in [0.4, 0.5) is 28.0 Å². The molecule has 0 bridgehead atoms. The number of halogens is 4. The van der Waals surface area contributed by atoms with Crippen LogP contribution in [0.5, 0.6) is 0 Å². The minimum absolute atomic E-state index is 0.0723. The van der Waals surface area contributed by atoms with Gasteiger partial charge in [0.25, 0.3) is 0 Å². The molecule has 10 heteroatoms. The topological polar surface area (TPSA) is 79.2 Å². The molecule has 1 heterocycles. The number of aromatic nitrogens is 2. The summed E-state index contributed by atoms with van der Waals surface area (Å²) in [7, 11) is 0. The molecule has 6 nitrogen and oxygen atoms in total. The lowest BCUT2D eigenvalue weighted by molar-refractivity contribution is -0.141. The zero-order valence-electron chi connectivity index (χ0n) is 16.7. The molecule has 3 aromatic rings. The van der Waals surface area contributed by atoms with Crippen molar-refractivity contribution in [1.29, 1.82) is 0 Å². The lowest BCUT2D eigenvalue weighted by Crippen LogP contribution is -2.29. The van der Waals surface area contributed by atoms with E-state index < -0.39 is 30.3 Å². The number of benzene rings is 2. The zero-order valence-corrected chi connectivity index (χ0v) is 16.7. The third-order valence-electron chi connectivity index (χ3n) is 4.58. The number of aliphatic hydroxyl groups is 1. The van der Waals surface area contributed by atoms with Gasteiger partial charge in [-0.05, 0) is 49.2 Å². The SMILES string of the molecule is Cc1ccc(C)c(-n2nc(C(F)(F)F)cc2CNC(=O)Nc2ccc(CO)c(F)c2)c1. The minimum atomic E-state index is -4.65. The van der Waals surface area contributed by atoms with Crippen molar-refractivity contribution in [1.82, 2.24) is 15.1 Å². The molecule has 31 heavy (non-hydrogen) atoms. The van der Waals surface area contributed by atoms with Crippen LogP contribution < -0.4 is 10.6 Å². The van der Waals surface area contributed by atoms with Crippen LogP contribution >= 0.6 is 0 Å². The normalized spacial score (nSPS) is 11.5. The van der Waals surface area contributed by atoms with E-state index in [9.17, 15) is 22.4 Å².